The van der Waals surface area contributed by atoms with Crippen molar-refractivity contribution < 1.29 is 19.4 Å². The summed E-state index contributed by atoms with van der Waals surface area (Å²) in [6.07, 6.45) is 2.24. The Morgan fingerprint density at radius 2 is 2.09 bits per heavy atom. The minimum absolute atomic E-state index is 0.00242. The molecule has 2 aromatic rings. The van der Waals surface area contributed by atoms with E-state index in [9.17, 15) is 14.7 Å². The van der Waals surface area contributed by atoms with E-state index in [2.05, 4.69) is 41.6 Å². The van der Waals surface area contributed by atoms with Crippen LogP contribution in [0, 0.1) is 12.0 Å². The molecule has 188 valence electrons. The molecule has 1 aliphatic heterocycles. The van der Waals surface area contributed by atoms with Crippen molar-refractivity contribution in [1.29, 1.82) is 0 Å². The normalized spacial score (nSPS) is 25.3. The lowest BCUT2D eigenvalue weighted by Crippen LogP contribution is -2.52. The van der Waals surface area contributed by atoms with Crippen LogP contribution in [0.5, 0.6) is 0 Å². The summed E-state index contributed by atoms with van der Waals surface area (Å²) in [5, 5.41) is 12.1. The number of piperazine rings is 1. The molecule has 2 fully saturated rings. The maximum atomic E-state index is 13.5. The molecule has 1 amide bonds. The number of β-amino-alcohol motifs (C(OH)–C–C–N with tert-alkyl or cyclic N) is 1. The molecule has 0 radical (unpaired) electrons. The predicted molar refractivity (Wildman–Crippen MR) is 133 cm³/mol. The zero-order chi connectivity index (χ0) is 25.2. The molecular formula is C25H34N6O4. The molecule has 1 atom stereocenters. The van der Waals surface area contributed by atoms with Gasteiger partial charge in [0.25, 0.3) is 0 Å². The number of carbonyl (C=O) groups is 2. The molecule has 1 aromatic carbocycles. The lowest BCUT2D eigenvalue weighted by Gasteiger charge is -2.41. The summed E-state index contributed by atoms with van der Waals surface area (Å²) in [6.45, 7) is 15.0. The number of nitrogens with one attached hydrogen (secondary N) is 2. The molecule has 10 heteroatoms. The number of H-pyrrole nitrogens is 1. The molecule has 1 saturated carbocycles. The molecule has 2 heterocycles. The number of Topliss-reactive ketones (excluding diaryl/α,β-unsaturated/α-hetero) is 1. The van der Waals surface area contributed by atoms with Gasteiger partial charge >= 0.3 is 6.09 Å². The highest BCUT2D eigenvalue weighted by atomic mass is 16.5. The second-order valence-corrected chi connectivity index (χ2v) is 9.92. The van der Waals surface area contributed by atoms with Crippen molar-refractivity contribution in [2.24, 2.45) is 5.41 Å². The number of hydrogen-bond acceptors (Lipinski definition) is 7. The van der Waals surface area contributed by atoms with Gasteiger partial charge in [0.05, 0.1) is 31.3 Å². The predicted octanol–water partition coefficient (Wildman–Crippen LogP) is 3.10. The Labute approximate surface area is 205 Å². The summed E-state index contributed by atoms with van der Waals surface area (Å²) in [5.74, 6) is 0.276. The minimum Gasteiger partial charge on any atom is -0.453 e. The van der Waals surface area contributed by atoms with Crippen molar-refractivity contribution in [3.05, 3.63) is 29.4 Å². The number of methoxy groups -OCH3 is 1. The van der Waals surface area contributed by atoms with Gasteiger partial charge in [0.1, 0.15) is 0 Å². The summed E-state index contributed by atoms with van der Waals surface area (Å²) in [4.78, 5) is 41.0. The van der Waals surface area contributed by atoms with Gasteiger partial charge in [-0.25, -0.2) is 14.6 Å². The van der Waals surface area contributed by atoms with Crippen molar-refractivity contribution in [3.63, 3.8) is 0 Å². The number of ether oxygens (including phenoxy) is 1. The Morgan fingerprint density at radius 1 is 1.34 bits per heavy atom. The third-order valence-electron chi connectivity index (χ3n) is 7.50. The minimum atomic E-state index is -0.564. The second kappa shape index (κ2) is 10.2. The lowest BCUT2D eigenvalue weighted by atomic mass is 9.71. The number of ketones is 1. The number of hydrogen-bond donors (Lipinski definition) is 3. The number of carbonyl (C=O) groups excluding carboxylic acids is 2. The van der Waals surface area contributed by atoms with Crippen LogP contribution in [-0.2, 0) is 4.74 Å². The number of anilines is 1. The number of aromatic amines is 1. The summed E-state index contributed by atoms with van der Waals surface area (Å²) in [5.41, 5.74) is 2.15. The first kappa shape index (κ1) is 24.9. The van der Waals surface area contributed by atoms with Gasteiger partial charge in [-0.2, -0.15) is 0 Å². The highest BCUT2D eigenvalue weighted by Gasteiger charge is 2.40. The Morgan fingerprint density at radius 3 is 2.71 bits per heavy atom. The van der Waals surface area contributed by atoms with E-state index in [0.717, 1.165) is 25.3 Å². The van der Waals surface area contributed by atoms with Crippen LogP contribution in [0.1, 0.15) is 50.1 Å². The average Bonchev–Trinajstić information content (AvgIpc) is 3.27. The molecule has 2 aliphatic rings. The van der Waals surface area contributed by atoms with Crippen LogP contribution in [0.3, 0.4) is 0 Å². The van der Waals surface area contributed by atoms with Gasteiger partial charge < -0.3 is 25.0 Å². The van der Waals surface area contributed by atoms with Gasteiger partial charge in [-0.05, 0) is 44.7 Å². The summed E-state index contributed by atoms with van der Waals surface area (Å²) in [7, 11) is 1.34. The highest BCUT2D eigenvalue weighted by molar-refractivity contribution is 6.01. The van der Waals surface area contributed by atoms with Crippen molar-refractivity contribution in [2.75, 3.05) is 44.8 Å². The van der Waals surface area contributed by atoms with E-state index >= 15 is 0 Å². The van der Waals surface area contributed by atoms with Crippen LogP contribution in [0.15, 0.2) is 12.1 Å². The zero-order valence-electron chi connectivity index (χ0n) is 20.6. The van der Waals surface area contributed by atoms with Crippen molar-refractivity contribution in [1.82, 2.24) is 20.2 Å². The fourth-order valence-electron chi connectivity index (χ4n) is 5.33. The SMILES string of the molecule is [C-]#[N+]c1cc2[nH]c(C(=O)C3(C)CCC(NC(=O)OC)CC3)nc2cc1N1CCN(CCO)CC1C. The molecule has 35 heavy (non-hydrogen) atoms. The van der Waals surface area contributed by atoms with Gasteiger partial charge in [0, 0.05) is 49.4 Å². The first-order valence-corrected chi connectivity index (χ1v) is 12.2. The summed E-state index contributed by atoms with van der Waals surface area (Å²) >= 11 is 0. The Bertz CT molecular complexity index is 1130. The van der Waals surface area contributed by atoms with Gasteiger partial charge in [-0.15, -0.1) is 0 Å². The molecule has 1 saturated heterocycles. The van der Waals surface area contributed by atoms with Crippen molar-refractivity contribution in [2.45, 2.75) is 51.6 Å². The molecule has 4 rings (SSSR count). The molecule has 3 N–H and O–H groups in total. The number of amides is 1. The number of benzene rings is 1. The highest BCUT2D eigenvalue weighted by Crippen LogP contribution is 2.40. The largest absolute Gasteiger partial charge is 0.453 e. The maximum absolute atomic E-state index is 13.5. The number of fused-ring (bicyclic) bond motifs is 1. The van der Waals surface area contributed by atoms with Gasteiger partial charge in [-0.1, -0.05) is 6.92 Å². The van der Waals surface area contributed by atoms with Crippen molar-refractivity contribution in [3.8, 4) is 0 Å². The number of aromatic nitrogens is 2. The van der Waals surface area contributed by atoms with Crippen LogP contribution in [0.25, 0.3) is 15.9 Å². The van der Waals surface area contributed by atoms with Crippen molar-refractivity contribution >= 4 is 34.3 Å². The van der Waals surface area contributed by atoms with Gasteiger partial charge in [-0.3, -0.25) is 9.69 Å². The number of aliphatic hydroxyl groups excluding tert-OH is 1. The fourth-order valence-corrected chi connectivity index (χ4v) is 5.33. The summed E-state index contributed by atoms with van der Waals surface area (Å²) in [6, 6.07) is 3.88. The number of imidazole rings is 1. The Kier molecular flexibility index (Phi) is 7.28. The first-order valence-electron chi connectivity index (χ1n) is 12.2. The molecule has 1 unspecified atom stereocenters. The molecule has 1 aromatic heterocycles. The van der Waals surface area contributed by atoms with E-state index in [-0.39, 0.29) is 24.5 Å². The van der Waals surface area contributed by atoms with Gasteiger partial charge in [0.15, 0.2) is 5.82 Å². The zero-order valence-corrected chi connectivity index (χ0v) is 20.6. The topological polar surface area (TPSA) is 115 Å². The lowest BCUT2D eigenvalue weighted by molar-refractivity contribution is 0.0715. The number of aliphatic hydroxyl groups is 1. The van der Waals surface area contributed by atoms with Crippen LogP contribution in [-0.4, -0.2) is 83.8 Å². The van der Waals surface area contributed by atoms with E-state index in [4.69, 9.17) is 6.57 Å². The maximum Gasteiger partial charge on any atom is 0.407 e. The first-order chi connectivity index (χ1) is 16.8. The van der Waals surface area contributed by atoms with Crippen LogP contribution >= 0.6 is 0 Å². The van der Waals surface area contributed by atoms with E-state index < -0.39 is 11.5 Å². The summed E-state index contributed by atoms with van der Waals surface area (Å²) < 4.78 is 4.68. The number of rotatable bonds is 6. The molecule has 1 aliphatic carbocycles. The standard InChI is InChI=1S/C25H34N6O4/c1-16-15-30(11-12-32)9-10-31(16)21-14-19-18(13-20(21)26-3)28-23(29-19)22(33)25(2)7-5-17(6-8-25)27-24(34)35-4/h13-14,16-17,32H,5-12,15H2,1-2,4H3,(H,27,34)(H,28,29). The van der Waals surface area contributed by atoms with E-state index in [0.29, 0.717) is 54.8 Å². The quantitative estimate of drug-likeness (QED) is 0.428. The van der Waals surface area contributed by atoms with Crippen LogP contribution in [0.4, 0.5) is 16.2 Å². The van der Waals surface area contributed by atoms with Crippen LogP contribution in [0.2, 0.25) is 0 Å². The molecular weight excluding hydrogens is 448 g/mol. The number of nitrogens with zero attached hydrogens (tertiary/aromatic N) is 4. The molecule has 0 spiro atoms. The monoisotopic (exact) mass is 482 g/mol. The third kappa shape index (κ3) is 5.11. The second-order valence-electron chi connectivity index (χ2n) is 9.92. The average molecular weight is 483 g/mol. The molecule has 10 nitrogen and oxygen atoms in total. The Balaban J connectivity index is 1.54. The van der Waals surface area contributed by atoms with E-state index in [1.807, 2.05) is 13.0 Å². The van der Waals surface area contributed by atoms with Crippen LogP contribution < -0.4 is 10.2 Å². The smallest absolute Gasteiger partial charge is 0.407 e. The van der Waals surface area contributed by atoms with Gasteiger partial charge in [0.2, 0.25) is 11.5 Å². The third-order valence-corrected chi connectivity index (χ3v) is 7.50. The number of alkyl carbamates (subject to hydrolysis) is 1. The van der Waals surface area contributed by atoms with E-state index in [1.54, 1.807) is 6.07 Å². The van der Waals surface area contributed by atoms with E-state index in [1.165, 1.54) is 7.11 Å². The Hall–Kier alpha value is -3.16. The molecule has 0 bridgehead atoms. The fraction of sp³-hybridized carbons (Fsp3) is 0.600.